The molecule has 0 atom stereocenters. The number of nitrogens with zero attached hydrogens (tertiary/aromatic N) is 3. The fourth-order valence-electron chi connectivity index (χ4n) is 2.05. The van der Waals surface area contributed by atoms with E-state index in [-0.39, 0.29) is 5.91 Å². The van der Waals surface area contributed by atoms with E-state index in [9.17, 15) is 4.79 Å². The number of carbonyl (C=O) groups is 1. The highest BCUT2D eigenvalue weighted by Crippen LogP contribution is 2.03. The average molecular weight is 221 g/mol. The molecule has 1 fully saturated rings. The number of aromatic nitrogens is 1. The molecule has 2 heterocycles. The lowest BCUT2D eigenvalue weighted by atomic mass is 10.3. The largest absolute Gasteiger partial charge is 0.345 e. The molecule has 1 amide bonds. The molecule has 0 aromatic carbocycles. The van der Waals surface area contributed by atoms with Crippen LogP contribution in [0.3, 0.4) is 0 Å². The molecule has 1 aromatic rings. The van der Waals surface area contributed by atoms with Crippen LogP contribution >= 0.6 is 0 Å². The Morgan fingerprint density at radius 1 is 1.12 bits per heavy atom. The van der Waals surface area contributed by atoms with Gasteiger partial charge in [-0.15, -0.1) is 0 Å². The molecule has 0 N–H and O–H groups in total. The fourth-order valence-corrected chi connectivity index (χ4v) is 2.05. The van der Waals surface area contributed by atoms with Crippen molar-refractivity contribution in [2.75, 3.05) is 32.7 Å². The van der Waals surface area contributed by atoms with E-state index in [1.54, 1.807) is 0 Å². The van der Waals surface area contributed by atoms with E-state index >= 15 is 0 Å². The van der Waals surface area contributed by atoms with Crippen molar-refractivity contribution >= 4 is 5.91 Å². The summed E-state index contributed by atoms with van der Waals surface area (Å²) in [7, 11) is 0. The second-order valence-electron chi connectivity index (χ2n) is 4.17. The Morgan fingerprint density at radius 3 is 2.31 bits per heavy atom. The minimum Gasteiger partial charge on any atom is -0.345 e. The maximum Gasteiger partial charge on any atom is 0.242 e. The number of amides is 1. The number of hydrogen-bond acceptors (Lipinski definition) is 2. The summed E-state index contributed by atoms with van der Waals surface area (Å²) in [5.74, 6) is 0.229. The van der Waals surface area contributed by atoms with Gasteiger partial charge >= 0.3 is 0 Å². The first-order valence-corrected chi connectivity index (χ1v) is 5.90. The maximum atomic E-state index is 11.9. The number of piperazine rings is 1. The summed E-state index contributed by atoms with van der Waals surface area (Å²) in [6.45, 7) is 7.47. The van der Waals surface area contributed by atoms with E-state index in [1.807, 2.05) is 34.0 Å². The van der Waals surface area contributed by atoms with Crippen molar-refractivity contribution in [2.24, 2.45) is 0 Å². The van der Waals surface area contributed by atoms with Gasteiger partial charge in [-0.3, -0.25) is 4.79 Å². The van der Waals surface area contributed by atoms with E-state index < -0.39 is 0 Å². The van der Waals surface area contributed by atoms with Crippen molar-refractivity contribution in [3.05, 3.63) is 24.5 Å². The van der Waals surface area contributed by atoms with Crippen LogP contribution < -0.4 is 0 Å². The Balaban J connectivity index is 1.82. The molecule has 0 saturated carbocycles. The molecule has 0 spiro atoms. The molecular weight excluding hydrogens is 202 g/mol. The molecular formula is C12H19N3O. The Kier molecular flexibility index (Phi) is 3.62. The highest BCUT2D eigenvalue weighted by Gasteiger charge is 2.19. The molecule has 16 heavy (non-hydrogen) atoms. The van der Waals surface area contributed by atoms with Crippen molar-refractivity contribution in [2.45, 2.75) is 13.5 Å². The summed E-state index contributed by atoms with van der Waals surface area (Å²) in [5, 5.41) is 0. The van der Waals surface area contributed by atoms with Crippen molar-refractivity contribution in [1.29, 1.82) is 0 Å². The van der Waals surface area contributed by atoms with Crippen LogP contribution in [-0.4, -0.2) is 53.0 Å². The first kappa shape index (κ1) is 11.2. The summed E-state index contributed by atoms with van der Waals surface area (Å²) in [4.78, 5) is 16.3. The lowest BCUT2D eigenvalue weighted by Gasteiger charge is -2.34. The quantitative estimate of drug-likeness (QED) is 0.750. The van der Waals surface area contributed by atoms with Crippen LogP contribution in [0.1, 0.15) is 6.92 Å². The first-order chi connectivity index (χ1) is 7.79. The molecule has 2 rings (SSSR count). The number of hydrogen-bond donors (Lipinski definition) is 0. The molecule has 0 unspecified atom stereocenters. The van der Waals surface area contributed by atoms with Gasteiger partial charge in [-0.2, -0.15) is 0 Å². The minimum absolute atomic E-state index is 0.229. The van der Waals surface area contributed by atoms with Crippen LogP contribution in [-0.2, 0) is 11.3 Å². The summed E-state index contributed by atoms with van der Waals surface area (Å²) in [5.41, 5.74) is 0. The number of rotatable bonds is 3. The van der Waals surface area contributed by atoms with E-state index in [4.69, 9.17) is 0 Å². The minimum atomic E-state index is 0.229. The van der Waals surface area contributed by atoms with Gasteiger partial charge in [-0.25, -0.2) is 0 Å². The SMILES string of the molecule is CCN1CCN(C(=O)Cn2cccc2)CC1. The van der Waals surface area contributed by atoms with E-state index in [0.717, 1.165) is 32.7 Å². The molecule has 88 valence electrons. The van der Waals surface area contributed by atoms with Crippen LogP contribution in [0.25, 0.3) is 0 Å². The Bertz CT molecular complexity index is 326. The summed E-state index contributed by atoms with van der Waals surface area (Å²) in [6.07, 6.45) is 3.86. The second kappa shape index (κ2) is 5.16. The normalized spacial score (nSPS) is 17.7. The van der Waals surface area contributed by atoms with Gasteiger partial charge in [0.25, 0.3) is 0 Å². The molecule has 1 aliphatic heterocycles. The van der Waals surface area contributed by atoms with E-state index in [1.165, 1.54) is 0 Å². The highest BCUT2D eigenvalue weighted by molar-refractivity contribution is 5.76. The van der Waals surface area contributed by atoms with E-state index in [0.29, 0.717) is 6.54 Å². The molecule has 0 bridgehead atoms. The third-order valence-corrected chi connectivity index (χ3v) is 3.16. The topological polar surface area (TPSA) is 28.5 Å². The van der Waals surface area contributed by atoms with Crippen LogP contribution in [0, 0.1) is 0 Å². The Morgan fingerprint density at radius 2 is 1.75 bits per heavy atom. The van der Waals surface area contributed by atoms with Crippen molar-refractivity contribution in [3.8, 4) is 0 Å². The molecule has 0 radical (unpaired) electrons. The van der Waals surface area contributed by atoms with Gasteiger partial charge in [0.1, 0.15) is 6.54 Å². The zero-order valence-corrected chi connectivity index (χ0v) is 9.80. The van der Waals surface area contributed by atoms with Crippen LogP contribution in [0.4, 0.5) is 0 Å². The lowest BCUT2D eigenvalue weighted by molar-refractivity contribution is -0.133. The third-order valence-electron chi connectivity index (χ3n) is 3.16. The Labute approximate surface area is 96.4 Å². The van der Waals surface area contributed by atoms with Gasteiger partial charge in [0, 0.05) is 38.6 Å². The average Bonchev–Trinajstić information content (AvgIpc) is 2.82. The summed E-state index contributed by atoms with van der Waals surface area (Å²) >= 11 is 0. The van der Waals surface area contributed by atoms with Crippen molar-refractivity contribution in [1.82, 2.24) is 14.4 Å². The van der Waals surface area contributed by atoms with Crippen LogP contribution in [0.15, 0.2) is 24.5 Å². The van der Waals surface area contributed by atoms with E-state index in [2.05, 4.69) is 11.8 Å². The number of likely N-dealkylation sites (N-methyl/N-ethyl adjacent to an activating group) is 1. The first-order valence-electron chi connectivity index (χ1n) is 5.90. The zero-order valence-electron chi connectivity index (χ0n) is 9.80. The fraction of sp³-hybridized carbons (Fsp3) is 0.583. The highest BCUT2D eigenvalue weighted by atomic mass is 16.2. The number of carbonyl (C=O) groups excluding carboxylic acids is 1. The smallest absolute Gasteiger partial charge is 0.242 e. The third kappa shape index (κ3) is 2.64. The standard InChI is InChI=1S/C12H19N3O/c1-2-13-7-9-15(10-8-13)12(16)11-14-5-3-4-6-14/h3-6H,2,7-11H2,1H3. The predicted molar refractivity (Wildman–Crippen MR) is 63.1 cm³/mol. The second-order valence-corrected chi connectivity index (χ2v) is 4.17. The predicted octanol–water partition coefficient (Wildman–Crippen LogP) is 0.652. The lowest BCUT2D eigenvalue weighted by Crippen LogP contribution is -2.49. The van der Waals surface area contributed by atoms with Gasteiger partial charge in [-0.05, 0) is 18.7 Å². The molecule has 0 aliphatic carbocycles. The van der Waals surface area contributed by atoms with Crippen molar-refractivity contribution < 1.29 is 4.79 Å². The van der Waals surface area contributed by atoms with Crippen LogP contribution in [0.2, 0.25) is 0 Å². The maximum absolute atomic E-state index is 11.9. The molecule has 1 saturated heterocycles. The van der Waals surface area contributed by atoms with Gasteiger partial charge < -0.3 is 14.4 Å². The molecule has 4 heteroatoms. The van der Waals surface area contributed by atoms with Gasteiger partial charge in [0.05, 0.1) is 0 Å². The van der Waals surface area contributed by atoms with Gasteiger partial charge in [0.15, 0.2) is 0 Å². The van der Waals surface area contributed by atoms with Crippen LogP contribution in [0.5, 0.6) is 0 Å². The Hall–Kier alpha value is -1.29. The monoisotopic (exact) mass is 221 g/mol. The molecule has 4 nitrogen and oxygen atoms in total. The summed E-state index contributed by atoms with van der Waals surface area (Å²) < 4.78 is 1.93. The van der Waals surface area contributed by atoms with Gasteiger partial charge in [0.2, 0.25) is 5.91 Å². The van der Waals surface area contributed by atoms with Gasteiger partial charge in [-0.1, -0.05) is 6.92 Å². The molecule has 1 aliphatic rings. The summed E-state index contributed by atoms with van der Waals surface area (Å²) in [6, 6.07) is 3.89. The zero-order chi connectivity index (χ0) is 11.4. The molecule has 1 aromatic heterocycles. The van der Waals surface area contributed by atoms with Crippen molar-refractivity contribution in [3.63, 3.8) is 0 Å².